The number of halogens is 7. The first-order valence-corrected chi connectivity index (χ1v) is 12.1. The molecule has 0 saturated carbocycles. The summed E-state index contributed by atoms with van der Waals surface area (Å²) in [4.78, 5) is 73.6. The minimum atomic E-state index is -5.08. The zero-order valence-corrected chi connectivity index (χ0v) is 22.9. The van der Waals surface area contributed by atoms with Crippen molar-refractivity contribution in [2.75, 3.05) is 11.9 Å². The van der Waals surface area contributed by atoms with Crippen molar-refractivity contribution < 1.29 is 74.5 Å². The Kier molecular flexibility index (Phi) is 13.9. The number of rotatable bonds is 11. The van der Waals surface area contributed by atoms with Gasteiger partial charge in [-0.25, -0.2) is 13.6 Å². The SMILES string of the molecule is CC(C)[C@H](NC(=O)C(=O)Nc1ccncc1)C(=O)N[C@@H](CC(=O)O)C(=O)COc1c(F)c(F)cc(F)c1F.O=C(O)C(F)(F)F. The van der Waals surface area contributed by atoms with Crippen LogP contribution in [0.25, 0.3) is 0 Å². The molecule has 3 amide bonds. The highest BCUT2D eigenvalue weighted by Crippen LogP contribution is 2.26. The van der Waals surface area contributed by atoms with Gasteiger partial charge in [-0.2, -0.15) is 22.0 Å². The number of hydrogen-bond acceptors (Lipinski definition) is 8. The first kappa shape index (κ1) is 37.7. The van der Waals surface area contributed by atoms with E-state index < -0.39 is 102 Å². The van der Waals surface area contributed by atoms with Crippen molar-refractivity contribution in [2.24, 2.45) is 5.92 Å². The lowest BCUT2D eigenvalue weighted by Gasteiger charge is -2.24. The van der Waals surface area contributed by atoms with Crippen molar-refractivity contribution >= 4 is 41.1 Å². The van der Waals surface area contributed by atoms with Crippen LogP contribution in [-0.4, -0.2) is 75.5 Å². The lowest BCUT2D eigenvalue weighted by atomic mass is 10.0. The maximum atomic E-state index is 13.8. The normalized spacial score (nSPS) is 12.1. The Balaban J connectivity index is 0.00000129. The second kappa shape index (κ2) is 16.5. The van der Waals surface area contributed by atoms with Crippen LogP contribution in [0.15, 0.2) is 30.6 Å². The van der Waals surface area contributed by atoms with E-state index in [-0.39, 0.29) is 11.8 Å². The summed E-state index contributed by atoms with van der Waals surface area (Å²) in [6, 6.07) is -0.545. The number of carboxylic acids is 2. The predicted molar refractivity (Wildman–Crippen MR) is 134 cm³/mol. The fraction of sp³-hybridized carbons (Fsp3) is 0.320. The summed E-state index contributed by atoms with van der Waals surface area (Å²) < 4.78 is 90.5. The molecule has 0 bridgehead atoms. The third-order valence-corrected chi connectivity index (χ3v) is 5.14. The lowest BCUT2D eigenvalue weighted by Crippen LogP contribution is -2.56. The Bertz CT molecular complexity index is 1400. The number of hydrogen-bond donors (Lipinski definition) is 5. The van der Waals surface area contributed by atoms with Crippen molar-refractivity contribution in [1.82, 2.24) is 15.6 Å². The maximum absolute atomic E-state index is 13.8. The number of aromatic nitrogens is 1. The van der Waals surface area contributed by atoms with Crippen LogP contribution in [0, 0.1) is 29.2 Å². The van der Waals surface area contributed by atoms with Gasteiger partial charge in [0, 0.05) is 24.1 Å². The number of benzene rings is 1. The number of carbonyl (C=O) groups is 6. The zero-order valence-electron chi connectivity index (χ0n) is 22.9. The number of ketones is 1. The zero-order chi connectivity index (χ0) is 34.6. The highest BCUT2D eigenvalue weighted by atomic mass is 19.4. The molecule has 2 aromatic rings. The molecule has 0 fully saturated rings. The van der Waals surface area contributed by atoms with Crippen molar-refractivity contribution in [3.8, 4) is 5.75 Å². The predicted octanol–water partition coefficient (Wildman–Crippen LogP) is 1.96. The molecule has 0 aliphatic heterocycles. The Morgan fingerprint density at radius 1 is 0.889 bits per heavy atom. The van der Waals surface area contributed by atoms with Crippen LogP contribution < -0.4 is 20.7 Å². The summed E-state index contributed by atoms with van der Waals surface area (Å²) in [7, 11) is 0. The number of alkyl halides is 3. The van der Waals surface area contributed by atoms with Crippen LogP contribution in [0.3, 0.4) is 0 Å². The fourth-order valence-corrected chi connectivity index (χ4v) is 2.97. The van der Waals surface area contributed by atoms with E-state index in [0.29, 0.717) is 0 Å². The van der Waals surface area contributed by atoms with Gasteiger partial charge in [-0.15, -0.1) is 0 Å². The van der Waals surface area contributed by atoms with Crippen LogP contribution in [0.5, 0.6) is 5.75 Å². The Labute approximate surface area is 247 Å². The molecule has 20 heteroatoms. The summed E-state index contributed by atoms with van der Waals surface area (Å²) in [5.74, 6) is -18.7. The van der Waals surface area contributed by atoms with Gasteiger partial charge < -0.3 is 30.9 Å². The molecule has 0 radical (unpaired) electrons. The van der Waals surface area contributed by atoms with Crippen molar-refractivity contribution in [3.05, 3.63) is 53.9 Å². The monoisotopic (exact) mass is 656 g/mol. The van der Waals surface area contributed by atoms with Gasteiger partial charge in [-0.1, -0.05) is 13.8 Å². The average molecular weight is 656 g/mol. The smallest absolute Gasteiger partial charge is 0.481 e. The van der Waals surface area contributed by atoms with E-state index in [1.165, 1.54) is 38.4 Å². The van der Waals surface area contributed by atoms with Gasteiger partial charge in [0.05, 0.1) is 6.42 Å². The summed E-state index contributed by atoms with van der Waals surface area (Å²) in [6.07, 6.45) is -3.39. The third kappa shape index (κ3) is 12.1. The molecule has 1 aromatic carbocycles. The second-order valence-electron chi connectivity index (χ2n) is 8.90. The van der Waals surface area contributed by atoms with E-state index in [1.807, 2.05) is 0 Å². The second-order valence-corrected chi connectivity index (χ2v) is 8.90. The number of pyridine rings is 1. The van der Waals surface area contributed by atoms with Crippen LogP contribution in [0.2, 0.25) is 0 Å². The quantitative estimate of drug-likeness (QED) is 0.135. The summed E-state index contributed by atoms with van der Waals surface area (Å²) >= 11 is 0. The van der Waals surface area contributed by atoms with Gasteiger partial charge in [0.25, 0.3) is 0 Å². The minimum absolute atomic E-state index is 0.0789. The number of Topliss-reactive ketones (excluding diaryl/α,β-unsaturated/α-hetero) is 1. The van der Waals surface area contributed by atoms with Gasteiger partial charge in [-0.3, -0.25) is 29.0 Å². The molecule has 0 aliphatic rings. The number of carboxylic acid groups (broad SMARTS) is 2. The Morgan fingerprint density at radius 3 is 1.84 bits per heavy atom. The van der Waals surface area contributed by atoms with E-state index in [2.05, 4.69) is 25.7 Å². The molecule has 13 nitrogen and oxygen atoms in total. The molecule has 2 rings (SSSR count). The van der Waals surface area contributed by atoms with Gasteiger partial charge in [0.15, 0.2) is 23.2 Å². The fourth-order valence-electron chi connectivity index (χ4n) is 2.97. The maximum Gasteiger partial charge on any atom is 0.490 e. The average Bonchev–Trinajstić information content (AvgIpc) is 2.94. The number of anilines is 1. The topological polar surface area (TPSA) is 201 Å². The Hall–Kier alpha value is -5.30. The van der Waals surface area contributed by atoms with E-state index >= 15 is 0 Å². The van der Waals surface area contributed by atoms with E-state index in [1.54, 1.807) is 0 Å². The third-order valence-electron chi connectivity index (χ3n) is 5.14. The van der Waals surface area contributed by atoms with Gasteiger partial charge in [-0.05, 0) is 18.1 Å². The van der Waals surface area contributed by atoms with Crippen molar-refractivity contribution in [1.29, 1.82) is 0 Å². The molecule has 0 aliphatic carbocycles. The standard InChI is InChI=1S/C23H22F4N4O7.C2HF3O2/c1-10(2)19(31-23(37)22(36)29-11-3-5-28-6-4-11)21(35)30-14(8-16(33)34)15(32)9-38-20-17(26)12(24)7-13(25)18(20)27;3-2(4,5)1(6)7/h3-7,10,14,19H,8-9H2,1-2H3,(H,30,35)(H,31,37)(H,33,34)(H,28,29,36);(H,6,7)/t14-,19-;/m0./s1. The molecule has 1 heterocycles. The van der Waals surface area contributed by atoms with Gasteiger partial charge in [0.2, 0.25) is 17.5 Å². The molecule has 0 unspecified atom stereocenters. The number of amides is 3. The number of ether oxygens (including phenoxy) is 1. The van der Waals surface area contributed by atoms with Crippen LogP contribution >= 0.6 is 0 Å². The molecule has 5 N–H and O–H groups in total. The molecule has 0 saturated heterocycles. The van der Waals surface area contributed by atoms with Crippen LogP contribution in [-0.2, 0) is 28.8 Å². The Morgan fingerprint density at radius 2 is 1.40 bits per heavy atom. The molecule has 0 spiro atoms. The first-order valence-electron chi connectivity index (χ1n) is 12.1. The molecule has 1 aromatic heterocycles. The van der Waals surface area contributed by atoms with Gasteiger partial charge >= 0.3 is 29.9 Å². The highest BCUT2D eigenvalue weighted by Gasteiger charge is 2.38. The summed E-state index contributed by atoms with van der Waals surface area (Å²) in [5, 5.41) is 22.7. The lowest BCUT2D eigenvalue weighted by molar-refractivity contribution is -0.192. The molecule has 2 atom stereocenters. The van der Waals surface area contributed by atoms with Crippen LogP contribution in [0.1, 0.15) is 20.3 Å². The molecule has 45 heavy (non-hydrogen) atoms. The number of nitrogens with one attached hydrogen (secondary N) is 3. The number of carbonyl (C=O) groups excluding carboxylic acids is 4. The van der Waals surface area contributed by atoms with Crippen LogP contribution in [0.4, 0.5) is 36.4 Å². The number of aliphatic carboxylic acids is 2. The van der Waals surface area contributed by atoms with E-state index in [0.717, 1.165) is 0 Å². The van der Waals surface area contributed by atoms with Crippen molar-refractivity contribution in [3.63, 3.8) is 0 Å². The highest BCUT2D eigenvalue weighted by molar-refractivity contribution is 6.40. The van der Waals surface area contributed by atoms with E-state index in [4.69, 9.17) is 15.0 Å². The largest absolute Gasteiger partial charge is 0.490 e. The molecular weight excluding hydrogens is 633 g/mol. The van der Waals surface area contributed by atoms with Crippen molar-refractivity contribution in [2.45, 2.75) is 38.5 Å². The summed E-state index contributed by atoms with van der Waals surface area (Å²) in [5.41, 5.74) is 0.240. The summed E-state index contributed by atoms with van der Waals surface area (Å²) in [6.45, 7) is 1.68. The molecular formula is C25H23F7N4O9. The van der Waals surface area contributed by atoms with Gasteiger partial charge in [0.1, 0.15) is 18.7 Å². The molecule has 246 valence electrons. The minimum Gasteiger partial charge on any atom is -0.481 e. The first-order chi connectivity index (χ1) is 20.8. The number of nitrogens with zero attached hydrogens (tertiary/aromatic N) is 1. The van der Waals surface area contributed by atoms with E-state index in [9.17, 15) is 54.7 Å².